The molecular weight excluding hydrogens is 297 g/mol. The molecule has 2 rings (SSSR count). The van der Waals surface area contributed by atoms with Crippen molar-refractivity contribution < 1.29 is 4.79 Å². The molecule has 0 bridgehead atoms. The first-order chi connectivity index (χ1) is 8.59. The Hall–Kier alpha value is -0.840. The minimum atomic E-state index is 0. The van der Waals surface area contributed by atoms with E-state index in [0.717, 1.165) is 31.5 Å². The number of hydrogen-bond acceptors (Lipinski definition) is 3. The first kappa shape index (κ1) is 19.2. The lowest BCUT2D eigenvalue weighted by Crippen LogP contribution is -2.51. The van der Waals surface area contributed by atoms with Crippen molar-refractivity contribution in [1.29, 1.82) is 0 Å². The zero-order chi connectivity index (χ0) is 13.1. The maximum atomic E-state index is 12.5. The van der Waals surface area contributed by atoms with Gasteiger partial charge in [0.2, 0.25) is 0 Å². The molecule has 1 amide bonds. The van der Waals surface area contributed by atoms with Crippen molar-refractivity contribution in [3.63, 3.8) is 0 Å². The number of aromatic nitrogens is 1. The first-order valence-corrected chi connectivity index (χ1v) is 6.60. The van der Waals surface area contributed by atoms with E-state index in [1.54, 1.807) is 6.07 Å². The molecule has 2 heterocycles. The molecule has 1 saturated heterocycles. The highest BCUT2D eigenvalue weighted by atomic mass is 35.5. The quantitative estimate of drug-likeness (QED) is 0.911. The van der Waals surface area contributed by atoms with Gasteiger partial charge in [0.1, 0.15) is 5.69 Å². The van der Waals surface area contributed by atoms with Crippen molar-refractivity contribution in [1.82, 2.24) is 9.88 Å². The summed E-state index contributed by atoms with van der Waals surface area (Å²) < 4.78 is 0. The van der Waals surface area contributed by atoms with Crippen LogP contribution in [0, 0.1) is 6.92 Å². The van der Waals surface area contributed by atoms with E-state index in [-0.39, 0.29) is 42.8 Å². The Labute approximate surface area is 132 Å². The second-order valence-electron chi connectivity index (χ2n) is 5.09. The lowest BCUT2D eigenvalue weighted by molar-refractivity contribution is 0.0577. The van der Waals surface area contributed by atoms with Crippen LogP contribution in [0.4, 0.5) is 0 Å². The van der Waals surface area contributed by atoms with E-state index >= 15 is 0 Å². The fourth-order valence-corrected chi connectivity index (χ4v) is 2.57. The summed E-state index contributed by atoms with van der Waals surface area (Å²) in [5.74, 6) is 0.0145. The van der Waals surface area contributed by atoms with Crippen molar-refractivity contribution >= 4 is 30.7 Å². The third-order valence-corrected chi connectivity index (χ3v) is 3.52. The van der Waals surface area contributed by atoms with Gasteiger partial charge in [-0.1, -0.05) is 6.07 Å². The zero-order valence-corrected chi connectivity index (χ0v) is 13.5. The summed E-state index contributed by atoms with van der Waals surface area (Å²) in [7, 11) is 0. The van der Waals surface area contributed by atoms with Crippen molar-refractivity contribution in [3.05, 3.63) is 29.6 Å². The van der Waals surface area contributed by atoms with Gasteiger partial charge in [0, 0.05) is 24.3 Å². The molecule has 1 aliphatic heterocycles. The lowest BCUT2D eigenvalue weighted by Gasteiger charge is -2.37. The van der Waals surface area contributed by atoms with E-state index in [4.69, 9.17) is 5.73 Å². The van der Waals surface area contributed by atoms with Crippen LogP contribution in [0.1, 0.15) is 42.4 Å². The monoisotopic (exact) mass is 319 g/mol. The van der Waals surface area contributed by atoms with Crippen LogP contribution in [0.2, 0.25) is 0 Å². The van der Waals surface area contributed by atoms with Crippen LogP contribution in [-0.2, 0) is 0 Å². The van der Waals surface area contributed by atoms with Gasteiger partial charge in [0.15, 0.2) is 0 Å². The van der Waals surface area contributed by atoms with Gasteiger partial charge in [-0.2, -0.15) is 0 Å². The summed E-state index contributed by atoms with van der Waals surface area (Å²) in [4.78, 5) is 18.7. The highest BCUT2D eigenvalue weighted by molar-refractivity contribution is 5.92. The molecular formula is C14H23Cl2N3O. The van der Waals surface area contributed by atoms with Gasteiger partial charge < -0.3 is 10.6 Å². The Bertz CT molecular complexity index is 440. The Morgan fingerprint density at radius 2 is 2.10 bits per heavy atom. The Balaban J connectivity index is 0.00000180. The van der Waals surface area contributed by atoms with Crippen LogP contribution in [0.5, 0.6) is 0 Å². The number of rotatable bonds is 2. The minimum absolute atomic E-state index is 0. The van der Waals surface area contributed by atoms with Gasteiger partial charge in [0.05, 0.1) is 0 Å². The smallest absolute Gasteiger partial charge is 0.272 e. The average molecular weight is 320 g/mol. The standard InChI is InChI=1S/C14H21N3O.2ClH/c1-10-6-5-7-12(16-10)14(18)17-9-4-3-8-13(17)11(2)15;;/h5-7,11,13H,3-4,8-9,15H2,1-2H3;2*1H. The van der Waals surface area contributed by atoms with Crippen molar-refractivity contribution in [3.8, 4) is 0 Å². The number of likely N-dealkylation sites (tertiary alicyclic amines) is 1. The molecule has 0 aromatic carbocycles. The Kier molecular flexibility index (Phi) is 8.09. The van der Waals surface area contributed by atoms with Crippen LogP contribution in [-0.4, -0.2) is 34.4 Å². The number of carbonyl (C=O) groups excluding carboxylic acids is 1. The fraction of sp³-hybridized carbons (Fsp3) is 0.571. The maximum Gasteiger partial charge on any atom is 0.272 e. The van der Waals surface area contributed by atoms with Crippen molar-refractivity contribution in [2.45, 2.75) is 45.2 Å². The normalized spacial score (nSPS) is 19.6. The van der Waals surface area contributed by atoms with E-state index in [1.165, 1.54) is 0 Å². The molecule has 2 atom stereocenters. The molecule has 1 aromatic rings. The van der Waals surface area contributed by atoms with E-state index in [9.17, 15) is 4.79 Å². The number of piperidine rings is 1. The molecule has 0 radical (unpaired) electrons. The number of carbonyl (C=O) groups is 1. The molecule has 0 spiro atoms. The van der Waals surface area contributed by atoms with Crippen LogP contribution >= 0.6 is 24.8 Å². The van der Waals surface area contributed by atoms with Crippen LogP contribution < -0.4 is 5.73 Å². The van der Waals surface area contributed by atoms with Crippen LogP contribution in [0.25, 0.3) is 0 Å². The molecule has 0 aliphatic carbocycles. The topological polar surface area (TPSA) is 59.2 Å². The maximum absolute atomic E-state index is 12.5. The fourth-order valence-electron chi connectivity index (χ4n) is 2.57. The van der Waals surface area contributed by atoms with Gasteiger partial charge in [-0.15, -0.1) is 24.8 Å². The second kappa shape index (κ2) is 8.45. The molecule has 1 fully saturated rings. The van der Waals surface area contributed by atoms with Gasteiger partial charge in [-0.05, 0) is 45.2 Å². The number of nitrogens with two attached hydrogens (primary N) is 1. The van der Waals surface area contributed by atoms with Gasteiger partial charge in [-0.25, -0.2) is 4.98 Å². The lowest BCUT2D eigenvalue weighted by atomic mass is 9.96. The highest BCUT2D eigenvalue weighted by Gasteiger charge is 2.30. The van der Waals surface area contributed by atoms with Crippen LogP contribution in [0.3, 0.4) is 0 Å². The van der Waals surface area contributed by atoms with E-state index in [1.807, 2.05) is 30.9 Å². The predicted octanol–water partition coefficient (Wildman–Crippen LogP) is 2.58. The predicted molar refractivity (Wildman–Crippen MR) is 85.8 cm³/mol. The Morgan fingerprint density at radius 1 is 1.40 bits per heavy atom. The number of amides is 1. The summed E-state index contributed by atoms with van der Waals surface area (Å²) in [6, 6.07) is 5.71. The van der Waals surface area contributed by atoms with E-state index in [0.29, 0.717) is 5.69 Å². The minimum Gasteiger partial charge on any atom is -0.333 e. The second-order valence-corrected chi connectivity index (χ2v) is 5.09. The summed E-state index contributed by atoms with van der Waals surface area (Å²) in [6.45, 7) is 4.66. The molecule has 4 nitrogen and oxygen atoms in total. The molecule has 1 aliphatic rings. The van der Waals surface area contributed by atoms with E-state index in [2.05, 4.69) is 4.98 Å². The molecule has 2 N–H and O–H groups in total. The van der Waals surface area contributed by atoms with Crippen LogP contribution in [0.15, 0.2) is 18.2 Å². The molecule has 0 saturated carbocycles. The molecule has 20 heavy (non-hydrogen) atoms. The third kappa shape index (κ3) is 4.33. The molecule has 1 aromatic heterocycles. The summed E-state index contributed by atoms with van der Waals surface area (Å²) >= 11 is 0. The SMILES string of the molecule is Cc1cccc(C(=O)N2CCCCC2C(C)N)n1.Cl.Cl. The summed E-state index contributed by atoms with van der Waals surface area (Å²) in [6.07, 6.45) is 3.20. The highest BCUT2D eigenvalue weighted by Crippen LogP contribution is 2.21. The summed E-state index contributed by atoms with van der Waals surface area (Å²) in [5, 5.41) is 0. The largest absolute Gasteiger partial charge is 0.333 e. The number of nitrogens with zero attached hydrogens (tertiary/aromatic N) is 2. The van der Waals surface area contributed by atoms with Gasteiger partial charge in [-0.3, -0.25) is 4.79 Å². The molecule has 2 unspecified atom stereocenters. The molecule has 114 valence electrons. The summed E-state index contributed by atoms with van der Waals surface area (Å²) in [5.41, 5.74) is 7.39. The Morgan fingerprint density at radius 3 is 2.70 bits per heavy atom. The van der Waals surface area contributed by atoms with Crippen molar-refractivity contribution in [2.75, 3.05) is 6.54 Å². The number of pyridine rings is 1. The molecule has 6 heteroatoms. The van der Waals surface area contributed by atoms with Gasteiger partial charge in [0.25, 0.3) is 5.91 Å². The van der Waals surface area contributed by atoms with Crippen molar-refractivity contribution in [2.24, 2.45) is 5.73 Å². The number of aryl methyl sites for hydroxylation is 1. The third-order valence-electron chi connectivity index (χ3n) is 3.52. The average Bonchev–Trinajstić information content (AvgIpc) is 2.38. The number of halogens is 2. The first-order valence-electron chi connectivity index (χ1n) is 6.60. The number of hydrogen-bond donors (Lipinski definition) is 1. The van der Waals surface area contributed by atoms with Gasteiger partial charge >= 0.3 is 0 Å². The van der Waals surface area contributed by atoms with E-state index < -0.39 is 0 Å². The zero-order valence-electron chi connectivity index (χ0n) is 11.9.